The Kier molecular flexibility index (Phi) is 5.65. The van der Waals surface area contributed by atoms with Gasteiger partial charge in [-0.1, -0.05) is 35.9 Å². The fraction of sp³-hybridized carbons (Fsp3) is 0.370. The summed E-state index contributed by atoms with van der Waals surface area (Å²) in [5.74, 6) is -0.0494. The van der Waals surface area contributed by atoms with Gasteiger partial charge in [0.05, 0.1) is 16.3 Å². The highest BCUT2D eigenvalue weighted by atomic mass is 32.2. The number of fused-ring (bicyclic) bond motifs is 2. The summed E-state index contributed by atoms with van der Waals surface area (Å²) in [6, 6.07) is 13.0. The lowest BCUT2D eigenvalue weighted by Crippen LogP contribution is -2.47. The quantitative estimate of drug-likeness (QED) is 0.559. The van der Waals surface area contributed by atoms with Crippen molar-refractivity contribution in [2.45, 2.75) is 38.1 Å². The van der Waals surface area contributed by atoms with Gasteiger partial charge in [0, 0.05) is 37.3 Å². The van der Waals surface area contributed by atoms with Gasteiger partial charge >= 0.3 is 0 Å². The molecule has 5 rings (SSSR count). The minimum atomic E-state index is -3.73. The van der Waals surface area contributed by atoms with Crippen molar-refractivity contribution in [2.24, 2.45) is 5.92 Å². The van der Waals surface area contributed by atoms with E-state index < -0.39 is 10.0 Å². The largest absolute Gasteiger partial charge is 0.343 e. The fourth-order valence-corrected chi connectivity index (χ4v) is 6.86. The summed E-state index contributed by atoms with van der Waals surface area (Å²) in [5, 5.41) is 0.977. The Bertz CT molecular complexity index is 1400. The highest BCUT2D eigenvalue weighted by Crippen LogP contribution is 2.42. The van der Waals surface area contributed by atoms with Crippen LogP contribution in [0.2, 0.25) is 0 Å². The minimum Gasteiger partial charge on any atom is -0.343 e. The smallest absolute Gasteiger partial charge is 0.268 e. The molecule has 1 aromatic heterocycles. The summed E-state index contributed by atoms with van der Waals surface area (Å²) >= 11 is 0. The maximum atomic E-state index is 13.6. The normalized spacial score (nSPS) is 20.2. The maximum Gasteiger partial charge on any atom is 0.268 e. The van der Waals surface area contributed by atoms with E-state index in [1.54, 1.807) is 18.3 Å². The summed E-state index contributed by atoms with van der Waals surface area (Å²) in [6.45, 7) is 8.02. The van der Waals surface area contributed by atoms with E-state index in [1.807, 2.05) is 49.9 Å². The second-order valence-corrected chi connectivity index (χ2v) is 11.2. The van der Waals surface area contributed by atoms with Crippen LogP contribution >= 0.6 is 0 Å². The molecule has 2 heterocycles. The minimum absolute atomic E-state index is 0.122. The Hall–Kier alpha value is -2.90. The van der Waals surface area contributed by atoms with Gasteiger partial charge in [0.1, 0.15) is 0 Å². The first-order chi connectivity index (χ1) is 16.3. The summed E-state index contributed by atoms with van der Waals surface area (Å²) in [6.07, 6.45) is 4.65. The van der Waals surface area contributed by atoms with Crippen molar-refractivity contribution < 1.29 is 13.2 Å². The number of hydrogen-bond acceptors (Lipinski definition) is 4. The molecular formula is C27H31N3O3S. The molecule has 0 saturated carbocycles. The van der Waals surface area contributed by atoms with Crippen LogP contribution in [0.5, 0.6) is 0 Å². The summed E-state index contributed by atoms with van der Waals surface area (Å²) in [4.78, 5) is 17.6. The van der Waals surface area contributed by atoms with Gasteiger partial charge in [-0.2, -0.15) is 0 Å². The second-order valence-electron chi connectivity index (χ2n) is 9.37. The predicted octanol–water partition coefficient (Wildman–Crippen LogP) is 3.92. The maximum absolute atomic E-state index is 13.6. The van der Waals surface area contributed by atoms with E-state index in [1.165, 1.54) is 3.97 Å². The Morgan fingerprint density at radius 1 is 1.09 bits per heavy atom. The average Bonchev–Trinajstić information content (AvgIpc) is 3.21. The van der Waals surface area contributed by atoms with Crippen LogP contribution < -0.4 is 0 Å². The summed E-state index contributed by atoms with van der Waals surface area (Å²) < 4.78 is 28.6. The number of nitrogens with zero attached hydrogens (tertiary/aromatic N) is 3. The van der Waals surface area contributed by atoms with Crippen molar-refractivity contribution in [1.82, 2.24) is 13.8 Å². The highest BCUT2D eigenvalue weighted by molar-refractivity contribution is 7.90. The van der Waals surface area contributed by atoms with E-state index in [9.17, 15) is 13.2 Å². The molecule has 3 aromatic rings. The molecule has 2 aliphatic rings. The number of hydrogen-bond donors (Lipinski definition) is 0. The number of aryl methyl sites for hydroxylation is 1. The van der Waals surface area contributed by atoms with Gasteiger partial charge in [0.2, 0.25) is 5.91 Å². The molecule has 0 radical (unpaired) electrons. The van der Waals surface area contributed by atoms with Crippen LogP contribution in [0.25, 0.3) is 16.5 Å². The number of amides is 1. The van der Waals surface area contributed by atoms with Crippen molar-refractivity contribution in [3.63, 3.8) is 0 Å². The van der Waals surface area contributed by atoms with Crippen LogP contribution in [-0.4, -0.2) is 60.8 Å². The number of aromatic nitrogens is 1. The van der Waals surface area contributed by atoms with Gasteiger partial charge in [-0.25, -0.2) is 12.4 Å². The van der Waals surface area contributed by atoms with Crippen molar-refractivity contribution in [3.05, 3.63) is 71.4 Å². The zero-order valence-corrected chi connectivity index (χ0v) is 21.0. The third-order valence-electron chi connectivity index (χ3n) is 7.32. The Morgan fingerprint density at radius 3 is 2.47 bits per heavy atom. The molecule has 2 atom stereocenters. The third kappa shape index (κ3) is 3.49. The first kappa shape index (κ1) is 22.9. The van der Waals surface area contributed by atoms with E-state index in [0.29, 0.717) is 25.2 Å². The van der Waals surface area contributed by atoms with Gasteiger partial charge < -0.3 is 4.90 Å². The highest BCUT2D eigenvalue weighted by Gasteiger charge is 2.37. The van der Waals surface area contributed by atoms with E-state index in [-0.39, 0.29) is 22.8 Å². The van der Waals surface area contributed by atoms with Gasteiger partial charge in [-0.3, -0.25) is 9.69 Å². The molecular weight excluding hydrogens is 446 g/mol. The Morgan fingerprint density at radius 2 is 1.79 bits per heavy atom. The van der Waals surface area contributed by atoms with Crippen LogP contribution in [0.1, 0.15) is 30.5 Å². The molecule has 7 heteroatoms. The van der Waals surface area contributed by atoms with E-state index in [2.05, 4.69) is 24.1 Å². The molecule has 1 amide bonds. The monoisotopic (exact) mass is 477 g/mol. The number of carbonyl (C=O) groups excluding carboxylic acids is 1. The molecule has 0 spiro atoms. The molecule has 178 valence electrons. The summed E-state index contributed by atoms with van der Waals surface area (Å²) in [5.41, 5.74) is 4.90. The molecule has 6 nitrogen and oxygen atoms in total. The van der Waals surface area contributed by atoms with Crippen molar-refractivity contribution in [1.29, 1.82) is 0 Å². The lowest BCUT2D eigenvalue weighted by molar-refractivity contribution is -0.134. The van der Waals surface area contributed by atoms with Gasteiger partial charge in [0.15, 0.2) is 0 Å². The SMILES string of the molecule is CCN(CC)C(=O)[C@@H]1C=C2c3cccc4c3c(cn4S(=O)(=O)c3ccc(C)cc3)C[C@H]2N(C)C1. The van der Waals surface area contributed by atoms with Crippen LogP contribution in [0.4, 0.5) is 0 Å². The number of carbonyl (C=O) groups is 1. The van der Waals surface area contributed by atoms with E-state index >= 15 is 0 Å². The standard InChI is InChI=1S/C27H31N3O3S/c1-5-29(6-2)27(31)20-14-23-22-8-7-9-24-26(22)19(15-25(23)28(4)16-20)17-30(24)34(32,33)21-12-10-18(3)11-13-21/h7-14,17,20,25H,5-6,15-16H2,1-4H3/t20-,25-/m1/s1. The molecule has 1 aliphatic carbocycles. The first-order valence-electron chi connectivity index (χ1n) is 11.9. The lowest BCUT2D eigenvalue weighted by atomic mass is 9.79. The van der Waals surface area contributed by atoms with Gasteiger partial charge in [-0.15, -0.1) is 0 Å². The Balaban J connectivity index is 1.65. The van der Waals surface area contributed by atoms with Crippen LogP contribution in [0.3, 0.4) is 0 Å². The molecule has 0 fully saturated rings. The van der Waals surface area contributed by atoms with Crippen LogP contribution in [-0.2, 0) is 21.2 Å². The van der Waals surface area contributed by atoms with Crippen molar-refractivity contribution in [3.8, 4) is 0 Å². The molecule has 0 bridgehead atoms. The lowest BCUT2D eigenvalue weighted by Gasteiger charge is -2.40. The third-order valence-corrected chi connectivity index (χ3v) is 9.01. The Labute approximate surface area is 201 Å². The number of likely N-dealkylation sites (N-methyl/N-ethyl adjacent to an activating group) is 1. The van der Waals surface area contributed by atoms with Crippen LogP contribution in [0, 0.1) is 12.8 Å². The first-order valence-corrected chi connectivity index (χ1v) is 13.4. The van der Waals surface area contributed by atoms with Crippen molar-refractivity contribution in [2.75, 3.05) is 26.7 Å². The molecule has 0 unspecified atom stereocenters. The zero-order valence-electron chi connectivity index (χ0n) is 20.2. The zero-order chi connectivity index (χ0) is 24.2. The van der Waals surface area contributed by atoms with E-state index in [4.69, 9.17) is 0 Å². The fourth-order valence-electron chi connectivity index (χ4n) is 5.47. The summed E-state index contributed by atoms with van der Waals surface area (Å²) in [7, 11) is -1.67. The van der Waals surface area contributed by atoms with Crippen LogP contribution in [0.15, 0.2) is 59.6 Å². The number of benzene rings is 2. The van der Waals surface area contributed by atoms with E-state index in [0.717, 1.165) is 34.1 Å². The molecule has 2 aromatic carbocycles. The van der Waals surface area contributed by atoms with Gasteiger partial charge in [0.25, 0.3) is 10.0 Å². The molecule has 0 N–H and O–H groups in total. The number of rotatable bonds is 5. The average molecular weight is 478 g/mol. The topological polar surface area (TPSA) is 62.6 Å². The van der Waals surface area contributed by atoms with Crippen molar-refractivity contribution >= 4 is 32.4 Å². The molecule has 34 heavy (non-hydrogen) atoms. The molecule has 0 saturated heterocycles. The second kappa shape index (κ2) is 8.40. The molecule has 1 aliphatic heterocycles. The predicted molar refractivity (Wildman–Crippen MR) is 135 cm³/mol. The van der Waals surface area contributed by atoms with Gasteiger partial charge in [-0.05, 0) is 69.1 Å².